The normalized spacial score (nSPS) is 19.1. The molecule has 0 N–H and O–H groups in total. The zero-order chi connectivity index (χ0) is 11.0. The number of carbonyl (C=O) groups excluding carboxylic acids is 1. The van der Waals surface area contributed by atoms with Crippen molar-refractivity contribution >= 4 is 5.78 Å². The van der Waals surface area contributed by atoms with Crippen molar-refractivity contribution in [3.05, 3.63) is 58.7 Å². The Balaban J connectivity index is 2.13. The van der Waals surface area contributed by atoms with E-state index in [4.69, 9.17) is 0 Å². The third-order valence-electron chi connectivity index (χ3n) is 3.48. The van der Waals surface area contributed by atoms with Crippen LogP contribution in [0, 0.1) is 0 Å². The summed E-state index contributed by atoms with van der Waals surface area (Å²) >= 11 is 0. The van der Waals surface area contributed by atoms with Crippen LogP contribution in [0.5, 0.6) is 0 Å². The second-order valence-electron chi connectivity index (χ2n) is 4.44. The average Bonchev–Trinajstić information content (AvgIpc) is 2.49. The average molecular weight is 210 g/mol. The fourth-order valence-corrected chi connectivity index (χ4v) is 2.60. The zero-order valence-corrected chi connectivity index (χ0v) is 9.20. The van der Waals surface area contributed by atoms with Crippen LogP contribution in [0.15, 0.2) is 47.6 Å². The maximum absolute atomic E-state index is 12.4. The van der Waals surface area contributed by atoms with Crippen molar-refractivity contribution < 1.29 is 4.79 Å². The van der Waals surface area contributed by atoms with E-state index in [9.17, 15) is 4.79 Å². The van der Waals surface area contributed by atoms with Gasteiger partial charge in [0, 0.05) is 11.1 Å². The molecule has 1 nitrogen and oxygen atoms in total. The molecule has 0 aromatic heterocycles. The summed E-state index contributed by atoms with van der Waals surface area (Å²) in [5.41, 5.74) is 4.41. The summed E-state index contributed by atoms with van der Waals surface area (Å²) in [6, 6.07) is 8.01. The highest BCUT2D eigenvalue weighted by molar-refractivity contribution is 6.12. The minimum Gasteiger partial charge on any atom is -0.289 e. The number of fused-ring (bicyclic) bond motifs is 1. The quantitative estimate of drug-likeness (QED) is 0.641. The molecule has 0 spiro atoms. The van der Waals surface area contributed by atoms with Crippen LogP contribution in [-0.4, -0.2) is 5.78 Å². The van der Waals surface area contributed by atoms with Crippen molar-refractivity contribution in [2.24, 2.45) is 0 Å². The minimum atomic E-state index is 0.221. The first-order chi connectivity index (χ1) is 7.86. The van der Waals surface area contributed by atoms with Gasteiger partial charge in [-0.1, -0.05) is 42.0 Å². The lowest BCUT2D eigenvalue weighted by atomic mass is 9.92. The van der Waals surface area contributed by atoms with E-state index in [0.29, 0.717) is 0 Å². The van der Waals surface area contributed by atoms with Crippen LogP contribution in [0.1, 0.15) is 35.2 Å². The van der Waals surface area contributed by atoms with Crippen molar-refractivity contribution in [1.82, 2.24) is 0 Å². The van der Waals surface area contributed by atoms with E-state index in [-0.39, 0.29) is 5.78 Å². The third-order valence-corrected chi connectivity index (χ3v) is 3.48. The van der Waals surface area contributed by atoms with Crippen molar-refractivity contribution in [2.75, 3.05) is 0 Å². The number of allylic oxidation sites excluding steroid dienone is 4. The van der Waals surface area contributed by atoms with Gasteiger partial charge in [-0.3, -0.25) is 4.79 Å². The molecular formula is C15H14O. The summed E-state index contributed by atoms with van der Waals surface area (Å²) in [7, 11) is 0. The number of hydrogen-bond donors (Lipinski definition) is 0. The Hall–Kier alpha value is -1.63. The third kappa shape index (κ3) is 1.44. The van der Waals surface area contributed by atoms with Gasteiger partial charge in [0.15, 0.2) is 5.78 Å². The largest absolute Gasteiger partial charge is 0.289 e. The summed E-state index contributed by atoms with van der Waals surface area (Å²) in [6.07, 6.45) is 8.33. The van der Waals surface area contributed by atoms with Gasteiger partial charge in [-0.05, 0) is 31.2 Å². The summed E-state index contributed by atoms with van der Waals surface area (Å²) in [6.45, 7) is 0. The van der Waals surface area contributed by atoms with E-state index in [1.807, 2.05) is 24.3 Å². The maximum atomic E-state index is 12.4. The van der Waals surface area contributed by atoms with Gasteiger partial charge in [0.1, 0.15) is 0 Å². The predicted molar refractivity (Wildman–Crippen MR) is 64.5 cm³/mol. The summed E-state index contributed by atoms with van der Waals surface area (Å²) < 4.78 is 0. The van der Waals surface area contributed by atoms with E-state index in [1.165, 1.54) is 11.1 Å². The molecule has 80 valence electrons. The first-order valence-electron chi connectivity index (χ1n) is 5.87. The molecule has 1 aromatic rings. The summed E-state index contributed by atoms with van der Waals surface area (Å²) in [5.74, 6) is 0.221. The number of Topliss-reactive ketones (excluding diaryl/α,β-unsaturated/α-hetero) is 1. The Morgan fingerprint density at radius 3 is 2.81 bits per heavy atom. The second kappa shape index (κ2) is 3.75. The number of benzene rings is 1. The smallest absolute Gasteiger partial charge is 0.193 e. The van der Waals surface area contributed by atoms with Crippen LogP contribution in [0.4, 0.5) is 0 Å². The SMILES string of the molecule is O=C1C2=C(CCC=C2)CCc2ccccc21. The van der Waals surface area contributed by atoms with E-state index in [1.54, 1.807) is 0 Å². The van der Waals surface area contributed by atoms with Crippen molar-refractivity contribution in [1.29, 1.82) is 0 Å². The predicted octanol–water partition coefficient (Wildman–Crippen LogP) is 3.46. The molecule has 0 heterocycles. The molecule has 16 heavy (non-hydrogen) atoms. The van der Waals surface area contributed by atoms with Gasteiger partial charge in [-0.15, -0.1) is 0 Å². The molecule has 1 heteroatoms. The summed E-state index contributed by atoms with van der Waals surface area (Å²) in [4.78, 5) is 12.4. The highest BCUT2D eigenvalue weighted by atomic mass is 16.1. The van der Waals surface area contributed by atoms with E-state index in [0.717, 1.165) is 36.8 Å². The Morgan fingerprint density at radius 2 is 1.88 bits per heavy atom. The monoisotopic (exact) mass is 210 g/mol. The van der Waals surface area contributed by atoms with Gasteiger partial charge in [-0.2, -0.15) is 0 Å². The molecule has 0 fully saturated rings. The van der Waals surface area contributed by atoms with E-state index in [2.05, 4.69) is 12.1 Å². The summed E-state index contributed by atoms with van der Waals surface area (Å²) in [5, 5.41) is 0. The van der Waals surface area contributed by atoms with Crippen LogP contribution >= 0.6 is 0 Å². The molecule has 2 aliphatic carbocycles. The standard InChI is InChI=1S/C15H14O/c16-15-13-7-3-1-5-11(13)9-10-12-6-2-4-8-14(12)15/h1,3-5,7-8H,2,6,9-10H2. The number of ketones is 1. The Bertz CT molecular complexity index is 506. The van der Waals surface area contributed by atoms with E-state index < -0.39 is 0 Å². The molecule has 0 radical (unpaired) electrons. The lowest BCUT2D eigenvalue weighted by Crippen LogP contribution is -2.06. The molecule has 0 amide bonds. The molecule has 1 aromatic carbocycles. The van der Waals surface area contributed by atoms with Gasteiger partial charge in [0.25, 0.3) is 0 Å². The van der Waals surface area contributed by atoms with Crippen LogP contribution in [-0.2, 0) is 6.42 Å². The lowest BCUT2D eigenvalue weighted by molar-refractivity contribution is 0.103. The highest BCUT2D eigenvalue weighted by Crippen LogP contribution is 2.30. The molecule has 0 saturated carbocycles. The van der Waals surface area contributed by atoms with Crippen molar-refractivity contribution in [3.8, 4) is 0 Å². The molecular weight excluding hydrogens is 196 g/mol. The Morgan fingerprint density at radius 1 is 1.00 bits per heavy atom. The van der Waals surface area contributed by atoms with Crippen LogP contribution in [0.3, 0.4) is 0 Å². The first kappa shape index (κ1) is 9.59. The highest BCUT2D eigenvalue weighted by Gasteiger charge is 2.22. The topological polar surface area (TPSA) is 17.1 Å². The lowest BCUT2D eigenvalue weighted by Gasteiger charge is -2.11. The van der Waals surface area contributed by atoms with Gasteiger partial charge >= 0.3 is 0 Å². The van der Waals surface area contributed by atoms with Gasteiger partial charge in [-0.25, -0.2) is 0 Å². The number of carbonyl (C=O) groups is 1. The molecule has 0 atom stereocenters. The number of aryl methyl sites for hydroxylation is 1. The minimum absolute atomic E-state index is 0.221. The molecule has 0 saturated heterocycles. The number of rotatable bonds is 0. The van der Waals surface area contributed by atoms with Crippen LogP contribution < -0.4 is 0 Å². The molecule has 0 aliphatic heterocycles. The van der Waals surface area contributed by atoms with Crippen LogP contribution in [0.2, 0.25) is 0 Å². The number of hydrogen-bond acceptors (Lipinski definition) is 1. The van der Waals surface area contributed by atoms with Gasteiger partial charge < -0.3 is 0 Å². The maximum Gasteiger partial charge on any atom is 0.193 e. The first-order valence-corrected chi connectivity index (χ1v) is 5.87. The van der Waals surface area contributed by atoms with Crippen molar-refractivity contribution in [3.63, 3.8) is 0 Å². The zero-order valence-electron chi connectivity index (χ0n) is 9.20. The fourth-order valence-electron chi connectivity index (χ4n) is 2.60. The van der Waals surface area contributed by atoms with Gasteiger partial charge in [0.2, 0.25) is 0 Å². The van der Waals surface area contributed by atoms with Crippen LogP contribution in [0.25, 0.3) is 0 Å². The second-order valence-corrected chi connectivity index (χ2v) is 4.44. The molecule has 3 rings (SSSR count). The molecule has 0 unspecified atom stereocenters. The Labute approximate surface area is 95.5 Å². The fraction of sp³-hybridized carbons (Fsp3) is 0.267. The molecule has 0 bridgehead atoms. The van der Waals surface area contributed by atoms with E-state index >= 15 is 0 Å². The van der Waals surface area contributed by atoms with Crippen molar-refractivity contribution in [2.45, 2.75) is 25.7 Å². The Kier molecular flexibility index (Phi) is 2.24. The molecule has 2 aliphatic rings. The van der Waals surface area contributed by atoms with Gasteiger partial charge in [0.05, 0.1) is 0 Å².